The van der Waals surface area contributed by atoms with Gasteiger partial charge in [0.05, 0.1) is 5.69 Å². The van der Waals surface area contributed by atoms with Crippen molar-refractivity contribution in [2.45, 2.75) is 20.8 Å². The zero-order valence-electron chi connectivity index (χ0n) is 14.1. The van der Waals surface area contributed by atoms with Gasteiger partial charge in [0.15, 0.2) is 0 Å². The van der Waals surface area contributed by atoms with E-state index in [0.717, 1.165) is 16.7 Å². The highest BCUT2D eigenvalue weighted by Gasteiger charge is 2.15. The Balaban J connectivity index is 1.84. The maximum atomic E-state index is 12.4. The number of carbonyl (C=O) groups is 1. The first-order chi connectivity index (χ1) is 11.8. The van der Waals surface area contributed by atoms with E-state index in [0.29, 0.717) is 27.7 Å². The van der Waals surface area contributed by atoms with Gasteiger partial charge >= 0.3 is 0 Å². The number of phenols is 1. The molecule has 0 unspecified atom stereocenters. The number of hydrogen-bond donors (Lipinski definition) is 3. The normalized spacial score (nSPS) is 10.7. The highest BCUT2D eigenvalue weighted by atomic mass is 35.5. The maximum absolute atomic E-state index is 12.4. The van der Waals surface area contributed by atoms with Crippen LogP contribution in [0, 0.1) is 20.8 Å². The maximum Gasteiger partial charge on any atom is 0.273 e. The summed E-state index contributed by atoms with van der Waals surface area (Å²) in [4.78, 5) is 12.4. The average Bonchev–Trinajstić information content (AvgIpc) is 3.04. The number of aromatic nitrogens is 2. The number of phenolic OH excluding ortho intramolecular Hbond substituents is 1. The lowest BCUT2D eigenvalue weighted by molar-refractivity contribution is 0.102. The van der Waals surface area contributed by atoms with Crippen molar-refractivity contribution in [3.63, 3.8) is 0 Å². The van der Waals surface area contributed by atoms with Gasteiger partial charge in [0.2, 0.25) is 0 Å². The van der Waals surface area contributed by atoms with E-state index in [9.17, 15) is 9.90 Å². The summed E-state index contributed by atoms with van der Waals surface area (Å²) >= 11 is 6.07. The summed E-state index contributed by atoms with van der Waals surface area (Å²) in [6.45, 7) is 5.78. The second kappa shape index (κ2) is 6.61. The fraction of sp³-hybridized carbons (Fsp3) is 0.158. The predicted molar refractivity (Wildman–Crippen MR) is 99.3 cm³/mol. The SMILES string of the molecule is Cc1cc(O)c(-c2cc(C(=O)Nc3ccc(C)c(Cl)c3)[nH]n2)cc1C. The second-order valence-electron chi connectivity index (χ2n) is 6.04. The lowest BCUT2D eigenvalue weighted by Gasteiger charge is -2.06. The van der Waals surface area contributed by atoms with Crippen LogP contribution in [0.2, 0.25) is 5.02 Å². The number of aromatic hydroxyl groups is 1. The Morgan fingerprint density at radius 2 is 1.80 bits per heavy atom. The van der Waals surface area contributed by atoms with Crippen molar-refractivity contribution in [2.75, 3.05) is 5.32 Å². The minimum absolute atomic E-state index is 0.131. The van der Waals surface area contributed by atoms with Gasteiger partial charge < -0.3 is 10.4 Å². The van der Waals surface area contributed by atoms with Crippen molar-refractivity contribution in [2.24, 2.45) is 0 Å². The Bertz CT molecular complexity index is 963. The average molecular weight is 356 g/mol. The summed E-state index contributed by atoms with van der Waals surface area (Å²) in [5.74, 6) is -0.200. The van der Waals surface area contributed by atoms with E-state index in [1.165, 1.54) is 0 Å². The molecule has 0 radical (unpaired) electrons. The summed E-state index contributed by atoms with van der Waals surface area (Å²) in [5.41, 5.74) is 4.95. The first-order valence-corrected chi connectivity index (χ1v) is 8.16. The van der Waals surface area contributed by atoms with Gasteiger partial charge in [-0.25, -0.2) is 0 Å². The summed E-state index contributed by atoms with van der Waals surface area (Å²) in [5, 5.41) is 20.3. The molecule has 0 fully saturated rings. The third-order valence-corrected chi connectivity index (χ3v) is 4.55. The highest BCUT2D eigenvalue weighted by molar-refractivity contribution is 6.31. The van der Waals surface area contributed by atoms with E-state index in [1.807, 2.05) is 32.9 Å². The van der Waals surface area contributed by atoms with Gasteiger partial charge in [-0.1, -0.05) is 17.7 Å². The molecule has 3 rings (SSSR count). The van der Waals surface area contributed by atoms with Gasteiger partial charge in [-0.05, 0) is 67.8 Å². The molecule has 1 heterocycles. The van der Waals surface area contributed by atoms with E-state index in [4.69, 9.17) is 11.6 Å². The number of H-pyrrole nitrogens is 1. The Morgan fingerprint density at radius 1 is 1.08 bits per heavy atom. The molecule has 0 aliphatic heterocycles. The molecule has 2 aromatic carbocycles. The van der Waals surface area contributed by atoms with Crippen molar-refractivity contribution in [3.05, 3.63) is 63.8 Å². The topological polar surface area (TPSA) is 78.0 Å². The molecule has 0 spiro atoms. The number of halogens is 1. The quantitative estimate of drug-likeness (QED) is 0.641. The molecule has 3 N–H and O–H groups in total. The van der Waals surface area contributed by atoms with Crippen LogP contribution in [0.4, 0.5) is 5.69 Å². The molecule has 128 valence electrons. The van der Waals surface area contributed by atoms with Crippen molar-refractivity contribution in [1.82, 2.24) is 10.2 Å². The largest absolute Gasteiger partial charge is 0.507 e. The van der Waals surface area contributed by atoms with Crippen LogP contribution in [0.5, 0.6) is 5.75 Å². The summed E-state index contributed by atoms with van der Waals surface area (Å²) in [6.07, 6.45) is 0. The number of rotatable bonds is 3. The molecule has 0 saturated carbocycles. The molecule has 25 heavy (non-hydrogen) atoms. The van der Waals surface area contributed by atoms with Crippen LogP contribution in [0.1, 0.15) is 27.2 Å². The van der Waals surface area contributed by atoms with Crippen molar-refractivity contribution in [1.29, 1.82) is 0 Å². The Hall–Kier alpha value is -2.79. The smallest absolute Gasteiger partial charge is 0.273 e. The van der Waals surface area contributed by atoms with E-state index >= 15 is 0 Å². The standard InChI is InChI=1S/C19H18ClN3O2/c1-10-4-5-13(8-15(10)20)21-19(25)17-9-16(22-23-17)14-6-11(2)12(3)7-18(14)24/h4-9,24H,1-3H3,(H,21,25)(H,22,23). The first-order valence-electron chi connectivity index (χ1n) is 7.78. The molecule has 0 atom stereocenters. The molecule has 1 aromatic heterocycles. The van der Waals surface area contributed by atoms with Crippen LogP contribution in [0.3, 0.4) is 0 Å². The summed E-state index contributed by atoms with van der Waals surface area (Å²) in [7, 11) is 0. The van der Waals surface area contributed by atoms with Crippen LogP contribution in [-0.2, 0) is 0 Å². The predicted octanol–water partition coefficient (Wildman–Crippen LogP) is 4.61. The van der Waals surface area contributed by atoms with Crippen molar-refractivity contribution in [3.8, 4) is 17.0 Å². The van der Waals surface area contributed by atoms with Gasteiger partial charge in [0, 0.05) is 16.3 Å². The van der Waals surface area contributed by atoms with Gasteiger partial charge in [-0.3, -0.25) is 9.89 Å². The third kappa shape index (κ3) is 3.51. The number of nitrogens with one attached hydrogen (secondary N) is 2. The Labute approximate surface area is 150 Å². The number of aryl methyl sites for hydroxylation is 3. The lowest BCUT2D eigenvalue weighted by Crippen LogP contribution is -2.12. The molecule has 5 nitrogen and oxygen atoms in total. The van der Waals surface area contributed by atoms with Crippen LogP contribution in [0.25, 0.3) is 11.3 Å². The first kappa shape index (κ1) is 17.0. The van der Waals surface area contributed by atoms with Crippen LogP contribution in [-0.4, -0.2) is 21.2 Å². The zero-order valence-corrected chi connectivity index (χ0v) is 14.9. The number of anilines is 1. The Kier molecular flexibility index (Phi) is 4.51. The monoisotopic (exact) mass is 355 g/mol. The van der Waals surface area contributed by atoms with E-state index in [-0.39, 0.29) is 11.7 Å². The fourth-order valence-electron chi connectivity index (χ4n) is 2.45. The molecule has 0 saturated heterocycles. The molecule has 6 heteroatoms. The van der Waals surface area contributed by atoms with Gasteiger partial charge in [0.25, 0.3) is 5.91 Å². The molecule has 3 aromatic rings. The minimum atomic E-state index is -0.331. The summed E-state index contributed by atoms with van der Waals surface area (Å²) < 4.78 is 0. The minimum Gasteiger partial charge on any atom is -0.507 e. The van der Waals surface area contributed by atoms with E-state index in [2.05, 4.69) is 15.5 Å². The van der Waals surface area contributed by atoms with Crippen LogP contribution >= 0.6 is 11.6 Å². The number of benzene rings is 2. The van der Waals surface area contributed by atoms with Gasteiger partial charge in [0.1, 0.15) is 11.4 Å². The molecule has 0 bridgehead atoms. The Morgan fingerprint density at radius 3 is 2.52 bits per heavy atom. The second-order valence-corrected chi connectivity index (χ2v) is 6.45. The molecule has 0 aliphatic rings. The summed E-state index contributed by atoms with van der Waals surface area (Å²) in [6, 6.07) is 10.5. The van der Waals surface area contributed by atoms with Crippen molar-refractivity contribution >= 4 is 23.2 Å². The van der Waals surface area contributed by atoms with E-state index < -0.39 is 0 Å². The lowest BCUT2D eigenvalue weighted by atomic mass is 10.0. The number of carbonyl (C=O) groups excluding carboxylic acids is 1. The fourth-order valence-corrected chi connectivity index (χ4v) is 2.63. The highest BCUT2D eigenvalue weighted by Crippen LogP contribution is 2.31. The number of hydrogen-bond acceptors (Lipinski definition) is 3. The van der Waals surface area contributed by atoms with Gasteiger partial charge in [-0.2, -0.15) is 5.10 Å². The van der Waals surface area contributed by atoms with E-state index in [1.54, 1.807) is 24.3 Å². The van der Waals surface area contributed by atoms with Crippen molar-refractivity contribution < 1.29 is 9.90 Å². The number of amides is 1. The van der Waals surface area contributed by atoms with Crippen LogP contribution < -0.4 is 5.32 Å². The molecular weight excluding hydrogens is 338 g/mol. The molecular formula is C19H18ClN3O2. The third-order valence-electron chi connectivity index (χ3n) is 4.14. The zero-order chi connectivity index (χ0) is 18.1. The van der Waals surface area contributed by atoms with Gasteiger partial charge in [-0.15, -0.1) is 0 Å². The van der Waals surface area contributed by atoms with Crippen LogP contribution in [0.15, 0.2) is 36.4 Å². The number of aromatic amines is 1. The molecule has 1 amide bonds. The number of nitrogens with zero attached hydrogens (tertiary/aromatic N) is 1. The molecule has 0 aliphatic carbocycles.